The van der Waals surface area contributed by atoms with Crippen molar-refractivity contribution in [3.05, 3.63) is 62.4 Å². The summed E-state index contributed by atoms with van der Waals surface area (Å²) < 4.78 is 17.2. The minimum absolute atomic E-state index is 0.135. The number of rotatable bonds is 6. The van der Waals surface area contributed by atoms with Crippen LogP contribution in [0.4, 0.5) is 5.69 Å². The maximum absolute atomic E-state index is 12.4. The van der Waals surface area contributed by atoms with E-state index in [0.29, 0.717) is 5.69 Å². The van der Waals surface area contributed by atoms with Crippen molar-refractivity contribution in [3.8, 4) is 0 Å². The fraction of sp³-hybridized carbons (Fsp3) is 0.381. The second-order valence-corrected chi connectivity index (χ2v) is 7.16. The Morgan fingerprint density at radius 2 is 1.94 bits per heavy atom. The summed E-state index contributed by atoms with van der Waals surface area (Å²) >= 11 is 0. The highest BCUT2D eigenvalue weighted by Gasteiger charge is 2.39. The topological polar surface area (TPSA) is 129 Å². The van der Waals surface area contributed by atoms with E-state index in [1.54, 1.807) is 12.1 Å². The molecule has 31 heavy (non-hydrogen) atoms. The van der Waals surface area contributed by atoms with Crippen LogP contribution in [0, 0.1) is 6.92 Å². The smallest absolute Gasteiger partial charge is 0.330 e. The molecule has 3 rings (SSSR count). The second kappa shape index (κ2) is 9.52. The molecule has 0 unspecified atom stereocenters. The van der Waals surface area contributed by atoms with E-state index < -0.39 is 41.6 Å². The van der Waals surface area contributed by atoms with Crippen molar-refractivity contribution < 1.29 is 23.8 Å². The monoisotopic (exact) mass is 429 g/mol. The van der Waals surface area contributed by atoms with Crippen LogP contribution < -0.4 is 11.2 Å². The van der Waals surface area contributed by atoms with E-state index in [1.807, 2.05) is 19.1 Å². The molecule has 0 bridgehead atoms. The van der Waals surface area contributed by atoms with E-state index in [4.69, 9.17) is 14.2 Å². The highest BCUT2D eigenvalue weighted by molar-refractivity contribution is 5.80. The molecule has 0 spiro atoms. The van der Waals surface area contributed by atoms with Gasteiger partial charge in [-0.15, -0.1) is 0 Å². The molecular formula is C21H23N3O7. The Labute approximate surface area is 177 Å². The number of carbonyl (C=O) groups is 2. The molecule has 3 atom stereocenters. The van der Waals surface area contributed by atoms with Crippen LogP contribution in [0.15, 0.2) is 45.0 Å². The fourth-order valence-electron chi connectivity index (χ4n) is 3.14. The molecule has 0 amide bonds. The van der Waals surface area contributed by atoms with Crippen LogP contribution in [0.2, 0.25) is 0 Å². The summed E-state index contributed by atoms with van der Waals surface area (Å²) in [5, 5.41) is 0. The molecule has 2 aromatic rings. The molecule has 1 fully saturated rings. The number of esters is 2. The van der Waals surface area contributed by atoms with Gasteiger partial charge in [0.25, 0.3) is 5.56 Å². The van der Waals surface area contributed by atoms with Gasteiger partial charge in [-0.05, 0) is 19.1 Å². The first-order valence-corrected chi connectivity index (χ1v) is 9.65. The standard InChI is InChI=1S/C21H23N3O7/c1-12-4-6-16(7-5-12)22-9-15-10-24(21(28)23-20(15)27)19-8-17(30-14(3)26)18(31-19)11-29-13(2)25/h4-7,9-10,17-19H,8,11H2,1-3H3,(H,23,27,28)/t17-,18+,19+/m0/s1. The van der Waals surface area contributed by atoms with Crippen molar-refractivity contribution in [2.24, 2.45) is 4.99 Å². The zero-order chi connectivity index (χ0) is 22.5. The number of aliphatic imine (C=N–C) groups is 1. The molecule has 1 aromatic heterocycles. The highest BCUT2D eigenvalue weighted by Crippen LogP contribution is 2.30. The molecule has 1 aromatic carbocycles. The van der Waals surface area contributed by atoms with Crippen LogP contribution in [0.1, 0.15) is 37.6 Å². The summed E-state index contributed by atoms with van der Waals surface area (Å²) in [7, 11) is 0. The van der Waals surface area contributed by atoms with Crippen molar-refractivity contribution in [3.63, 3.8) is 0 Å². The Balaban J connectivity index is 1.85. The first-order valence-electron chi connectivity index (χ1n) is 9.65. The molecule has 0 aliphatic carbocycles. The van der Waals surface area contributed by atoms with Gasteiger partial charge < -0.3 is 14.2 Å². The lowest BCUT2D eigenvalue weighted by molar-refractivity contribution is -0.155. The second-order valence-electron chi connectivity index (χ2n) is 7.16. The van der Waals surface area contributed by atoms with Gasteiger partial charge in [-0.1, -0.05) is 17.7 Å². The Hall–Kier alpha value is -3.53. The maximum atomic E-state index is 12.4. The number of nitrogens with zero attached hydrogens (tertiary/aromatic N) is 2. The minimum Gasteiger partial charge on any atom is -0.463 e. The average Bonchev–Trinajstić information content (AvgIpc) is 3.08. The lowest BCUT2D eigenvalue weighted by Gasteiger charge is -2.17. The predicted octanol–water partition coefficient (Wildman–Crippen LogP) is 1.38. The predicted molar refractivity (Wildman–Crippen MR) is 110 cm³/mol. The third-order valence-corrected chi connectivity index (χ3v) is 4.64. The molecule has 164 valence electrons. The van der Waals surface area contributed by atoms with E-state index in [1.165, 1.54) is 30.8 Å². The zero-order valence-corrected chi connectivity index (χ0v) is 17.4. The van der Waals surface area contributed by atoms with Gasteiger partial charge in [-0.25, -0.2) is 4.79 Å². The van der Waals surface area contributed by atoms with Crippen molar-refractivity contribution in [2.45, 2.75) is 45.6 Å². The van der Waals surface area contributed by atoms with Crippen LogP contribution in [-0.4, -0.2) is 46.5 Å². The number of aryl methyl sites for hydroxylation is 1. The number of ether oxygens (including phenoxy) is 3. The first-order chi connectivity index (χ1) is 14.7. The Morgan fingerprint density at radius 1 is 1.23 bits per heavy atom. The Bertz CT molecular complexity index is 1100. The lowest BCUT2D eigenvalue weighted by atomic mass is 10.2. The number of H-pyrrole nitrogens is 1. The van der Waals surface area contributed by atoms with Gasteiger partial charge in [-0.2, -0.15) is 0 Å². The first kappa shape index (κ1) is 22.2. The Morgan fingerprint density at radius 3 is 2.58 bits per heavy atom. The lowest BCUT2D eigenvalue weighted by Crippen LogP contribution is -2.34. The van der Waals surface area contributed by atoms with Gasteiger partial charge in [0.2, 0.25) is 0 Å². The quantitative estimate of drug-likeness (QED) is 0.542. The summed E-state index contributed by atoms with van der Waals surface area (Å²) in [6, 6.07) is 7.39. The van der Waals surface area contributed by atoms with Crippen LogP contribution in [-0.2, 0) is 23.8 Å². The number of carbonyl (C=O) groups excluding carboxylic acids is 2. The van der Waals surface area contributed by atoms with Crippen LogP contribution in [0.25, 0.3) is 0 Å². The summed E-state index contributed by atoms with van der Waals surface area (Å²) in [6.45, 7) is 4.32. The van der Waals surface area contributed by atoms with E-state index in [9.17, 15) is 19.2 Å². The SMILES string of the molecule is CC(=O)OC[C@H]1O[C@@H](n2cc(C=Nc3ccc(C)cc3)c(=O)[nH]c2=O)C[C@@H]1OC(C)=O. The van der Waals surface area contributed by atoms with E-state index in [0.717, 1.165) is 5.56 Å². The highest BCUT2D eigenvalue weighted by atomic mass is 16.6. The van der Waals surface area contributed by atoms with Crippen LogP contribution in [0.5, 0.6) is 0 Å². The molecule has 1 aliphatic heterocycles. The molecule has 1 saturated heterocycles. The van der Waals surface area contributed by atoms with Gasteiger partial charge in [0.15, 0.2) is 0 Å². The molecule has 0 saturated carbocycles. The summed E-state index contributed by atoms with van der Waals surface area (Å²) in [5.41, 5.74) is 0.599. The number of hydrogen-bond acceptors (Lipinski definition) is 8. The van der Waals surface area contributed by atoms with Crippen LogP contribution in [0.3, 0.4) is 0 Å². The van der Waals surface area contributed by atoms with E-state index >= 15 is 0 Å². The van der Waals surface area contributed by atoms with Crippen molar-refractivity contribution in [1.82, 2.24) is 9.55 Å². The molecule has 1 N–H and O–H groups in total. The van der Waals surface area contributed by atoms with Gasteiger partial charge >= 0.3 is 17.6 Å². The molecule has 2 heterocycles. The molecule has 1 aliphatic rings. The van der Waals surface area contributed by atoms with Crippen LogP contribution >= 0.6 is 0 Å². The summed E-state index contributed by atoms with van der Waals surface area (Å²) in [5.74, 6) is -1.04. The van der Waals surface area contributed by atoms with Gasteiger partial charge in [0.1, 0.15) is 25.0 Å². The number of hydrogen-bond donors (Lipinski definition) is 1. The summed E-state index contributed by atoms with van der Waals surface area (Å²) in [4.78, 5) is 53.6. The number of nitrogens with one attached hydrogen (secondary N) is 1. The zero-order valence-electron chi connectivity index (χ0n) is 17.4. The number of aromatic nitrogens is 2. The molecule has 0 radical (unpaired) electrons. The van der Waals surface area contributed by atoms with Gasteiger partial charge in [0, 0.05) is 32.7 Å². The minimum atomic E-state index is -0.833. The molecular weight excluding hydrogens is 406 g/mol. The maximum Gasteiger partial charge on any atom is 0.330 e. The normalized spacial score (nSPS) is 20.7. The van der Waals surface area contributed by atoms with E-state index in [2.05, 4.69) is 9.98 Å². The average molecular weight is 429 g/mol. The van der Waals surface area contributed by atoms with E-state index in [-0.39, 0.29) is 18.6 Å². The Kier molecular flexibility index (Phi) is 6.81. The van der Waals surface area contributed by atoms with Gasteiger partial charge in [0.05, 0.1) is 11.3 Å². The van der Waals surface area contributed by atoms with Crippen molar-refractivity contribution in [1.29, 1.82) is 0 Å². The largest absolute Gasteiger partial charge is 0.463 e. The van der Waals surface area contributed by atoms with Gasteiger partial charge in [-0.3, -0.25) is 28.9 Å². The number of benzene rings is 1. The molecule has 10 nitrogen and oxygen atoms in total. The van der Waals surface area contributed by atoms with Crippen molar-refractivity contribution >= 4 is 23.8 Å². The summed E-state index contributed by atoms with van der Waals surface area (Å²) in [6.07, 6.45) is 0.537. The van der Waals surface area contributed by atoms with Crippen molar-refractivity contribution in [2.75, 3.05) is 6.61 Å². The fourth-order valence-corrected chi connectivity index (χ4v) is 3.14. The third-order valence-electron chi connectivity index (χ3n) is 4.64. The third kappa shape index (κ3) is 5.76. The molecule has 10 heteroatoms. The number of aromatic amines is 1.